The molecule has 0 bridgehead atoms. The number of aromatic nitrogens is 1. The molecule has 3 N–H and O–H groups in total. The second-order valence-corrected chi connectivity index (χ2v) is 5.91. The fraction of sp³-hybridized carbons (Fsp3) is 0.267. The molecule has 0 fully saturated rings. The van der Waals surface area contributed by atoms with Crippen LogP contribution in [0.4, 0.5) is 10.5 Å². The molecule has 0 unspecified atom stereocenters. The molecule has 1 aromatic heterocycles. The Morgan fingerprint density at radius 2 is 1.91 bits per heavy atom. The van der Waals surface area contributed by atoms with Gasteiger partial charge in [0.05, 0.1) is 11.6 Å². The summed E-state index contributed by atoms with van der Waals surface area (Å²) in [5.41, 5.74) is 1.19. The van der Waals surface area contributed by atoms with Gasteiger partial charge in [0.15, 0.2) is 0 Å². The number of carbonyl (C=O) groups excluding carboxylic acids is 2. The van der Waals surface area contributed by atoms with Crippen molar-refractivity contribution >= 4 is 29.0 Å². The van der Waals surface area contributed by atoms with Crippen LogP contribution in [0.25, 0.3) is 0 Å². The number of rotatable bonds is 5. The Morgan fingerprint density at radius 3 is 2.50 bits per heavy atom. The molecule has 1 aromatic carbocycles. The quantitative estimate of drug-likeness (QED) is 0.792. The minimum atomic E-state index is -0.295. The Kier molecular flexibility index (Phi) is 5.48. The van der Waals surface area contributed by atoms with E-state index in [2.05, 4.69) is 20.9 Å². The number of hydrogen-bond donors (Lipinski definition) is 3. The van der Waals surface area contributed by atoms with Crippen LogP contribution in [0.3, 0.4) is 0 Å². The summed E-state index contributed by atoms with van der Waals surface area (Å²) in [7, 11) is 0. The van der Waals surface area contributed by atoms with Gasteiger partial charge in [-0.1, -0.05) is 0 Å². The average molecular weight is 318 g/mol. The van der Waals surface area contributed by atoms with E-state index in [0.29, 0.717) is 24.3 Å². The molecule has 0 radical (unpaired) electrons. The molecule has 0 saturated carbocycles. The van der Waals surface area contributed by atoms with Gasteiger partial charge < -0.3 is 16.0 Å². The number of anilines is 1. The second kappa shape index (κ2) is 7.56. The summed E-state index contributed by atoms with van der Waals surface area (Å²) in [4.78, 5) is 28.5. The zero-order chi connectivity index (χ0) is 15.9. The molecular formula is C15H18N4O2S. The Balaban J connectivity index is 1.85. The number of thiazole rings is 1. The predicted molar refractivity (Wildman–Crippen MR) is 87.2 cm³/mol. The van der Waals surface area contributed by atoms with Crippen molar-refractivity contribution in [1.82, 2.24) is 15.6 Å². The molecule has 22 heavy (non-hydrogen) atoms. The second-order valence-electron chi connectivity index (χ2n) is 4.59. The third-order valence-electron chi connectivity index (χ3n) is 2.83. The van der Waals surface area contributed by atoms with Gasteiger partial charge in [-0.2, -0.15) is 0 Å². The molecule has 0 atom stereocenters. The van der Waals surface area contributed by atoms with Crippen molar-refractivity contribution in [2.75, 3.05) is 11.9 Å². The summed E-state index contributed by atoms with van der Waals surface area (Å²) in [5.74, 6) is -0.126. The van der Waals surface area contributed by atoms with Crippen LogP contribution >= 0.6 is 11.3 Å². The largest absolute Gasteiger partial charge is 0.352 e. The van der Waals surface area contributed by atoms with Gasteiger partial charge in [-0.05, 0) is 38.1 Å². The van der Waals surface area contributed by atoms with Crippen LogP contribution in [0.15, 0.2) is 30.5 Å². The molecule has 116 valence electrons. The lowest BCUT2D eigenvalue weighted by molar-refractivity contribution is 0.0956. The van der Waals surface area contributed by atoms with Crippen molar-refractivity contribution in [1.29, 1.82) is 0 Å². The normalized spacial score (nSPS) is 10.1. The molecule has 0 aliphatic rings. The van der Waals surface area contributed by atoms with Crippen molar-refractivity contribution in [2.24, 2.45) is 0 Å². The molecular weight excluding hydrogens is 300 g/mol. The first-order chi connectivity index (χ1) is 10.6. The molecule has 3 amide bonds. The zero-order valence-electron chi connectivity index (χ0n) is 12.5. The Bertz CT molecular complexity index is 652. The lowest BCUT2D eigenvalue weighted by atomic mass is 10.2. The molecule has 2 rings (SSSR count). The minimum Gasteiger partial charge on any atom is -0.352 e. The van der Waals surface area contributed by atoms with E-state index in [1.807, 2.05) is 13.8 Å². The summed E-state index contributed by atoms with van der Waals surface area (Å²) >= 11 is 1.55. The minimum absolute atomic E-state index is 0.126. The Labute approximate surface area is 133 Å². The highest BCUT2D eigenvalue weighted by atomic mass is 32.1. The van der Waals surface area contributed by atoms with Crippen LogP contribution in [-0.4, -0.2) is 23.5 Å². The summed E-state index contributed by atoms with van der Waals surface area (Å²) < 4.78 is 0. The summed E-state index contributed by atoms with van der Waals surface area (Å²) in [6.45, 7) is 4.81. The maximum absolute atomic E-state index is 11.8. The fourth-order valence-electron chi connectivity index (χ4n) is 1.80. The molecule has 2 aromatic rings. The maximum atomic E-state index is 11.8. The lowest BCUT2D eigenvalue weighted by Crippen LogP contribution is -2.28. The highest BCUT2D eigenvalue weighted by Crippen LogP contribution is 2.12. The van der Waals surface area contributed by atoms with Gasteiger partial charge in [0.2, 0.25) is 0 Å². The van der Waals surface area contributed by atoms with E-state index in [-0.39, 0.29) is 11.9 Å². The lowest BCUT2D eigenvalue weighted by Gasteiger charge is -2.07. The van der Waals surface area contributed by atoms with Gasteiger partial charge in [-0.3, -0.25) is 4.79 Å². The van der Waals surface area contributed by atoms with Crippen molar-refractivity contribution < 1.29 is 9.59 Å². The molecule has 1 heterocycles. The standard InChI is InChI=1S/C15H18N4O2S/c1-3-16-14(20)11-4-6-12(7-5-11)19-15(21)18-9-13-8-17-10(2)22-13/h4-8H,3,9H2,1-2H3,(H,16,20)(H2,18,19,21). The van der Waals surface area contributed by atoms with E-state index >= 15 is 0 Å². The fourth-order valence-corrected chi connectivity index (χ4v) is 2.53. The molecule has 0 spiro atoms. The monoisotopic (exact) mass is 318 g/mol. The number of amides is 3. The van der Waals surface area contributed by atoms with E-state index in [1.165, 1.54) is 0 Å². The van der Waals surface area contributed by atoms with Crippen molar-refractivity contribution in [3.8, 4) is 0 Å². The van der Waals surface area contributed by atoms with Gasteiger partial charge >= 0.3 is 6.03 Å². The number of aryl methyl sites for hydroxylation is 1. The molecule has 0 aliphatic heterocycles. The molecule has 6 nitrogen and oxygen atoms in total. The average Bonchev–Trinajstić information content (AvgIpc) is 2.92. The first-order valence-electron chi connectivity index (χ1n) is 6.93. The van der Waals surface area contributed by atoms with Crippen molar-refractivity contribution in [2.45, 2.75) is 20.4 Å². The third-order valence-corrected chi connectivity index (χ3v) is 3.75. The maximum Gasteiger partial charge on any atom is 0.319 e. The van der Waals surface area contributed by atoms with Gasteiger partial charge in [-0.15, -0.1) is 11.3 Å². The Morgan fingerprint density at radius 1 is 1.18 bits per heavy atom. The van der Waals surface area contributed by atoms with Crippen LogP contribution in [0, 0.1) is 6.92 Å². The van der Waals surface area contributed by atoms with E-state index in [1.54, 1.807) is 41.8 Å². The van der Waals surface area contributed by atoms with Crippen LogP contribution in [0.2, 0.25) is 0 Å². The third kappa shape index (κ3) is 4.56. The van der Waals surface area contributed by atoms with E-state index in [4.69, 9.17) is 0 Å². The number of benzene rings is 1. The topological polar surface area (TPSA) is 83.1 Å². The smallest absolute Gasteiger partial charge is 0.319 e. The van der Waals surface area contributed by atoms with E-state index in [0.717, 1.165) is 9.88 Å². The summed E-state index contributed by atoms with van der Waals surface area (Å²) in [5, 5.41) is 9.17. The number of carbonyl (C=O) groups is 2. The summed E-state index contributed by atoms with van der Waals surface area (Å²) in [6, 6.07) is 6.44. The number of urea groups is 1. The van der Waals surface area contributed by atoms with Crippen LogP contribution < -0.4 is 16.0 Å². The predicted octanol–water partition coefficient (Wildman–Crippen LogP) is 2.52. The van der Waals surface area contributed by atoms with E-state index < -0.39 is 0 Å². The van der Waals surface area contributed by atoms with Gasteiger partial charge in [0, 0.05) is 28.9 Å². The number of nitrogens with zero attached hydrogens (tertiary/aromatic N) is 1. The Hall–Kier alpha value is -2.41. The summed E-state index contributed by atoms with van der Waals surface area (Å²) in [6.07, 6.45) is 1.75. The SMILES string of the molecule is CCNC(=O)c1ccc(NC(=O)NCc2cnc(C)s2)cc1. The van der Waals surface area contributed by atoms with Gasteiger partial charge in [0.25, 0.3) is 5.91 Å². The van der Waals surface area contributed by atoms with Gasteiger partial charge in [-0.25, -0.2) is 9.78 Å². The first kappa shape index (κ1) is 16.0. The number of nitrogens with one attached hydrogen (secondary N) is 3. The van der Waals surface area contributed by atoms with Gasteiger partial charge in [0.1, 0.15) is 0 Å². The highest BCUT2D eigenvalue weighted by molar-refractivity contribution is 7.11. The zero-order valence-corrected chi connectivity index (χ0v) is 13.3. The van der Waals surface area contributed by atoms with Crippen molar-refractivity contribution in [3.05, 3.63) is 45.9 Å². The van der Waals surface area contributed by atoms with Crippen LogP contribution in [0.5, 0.6) is 0 Å². The van der Waals surface area contributed by atoms with Crippen LogP contribution in [-0.2, 0) is 6.54 Å². The van der Waals surface area contributed by atoms with Crippen LogP contribution in [0.1, 0.15) is 27.2 Å². The molecule has 0 saturated heterocycles. The molecule has 7 heteroatoms. The molecule has 0 aliphatic carbocycles. The number of hydrogen-bond acceptors (Lipinski definition) is 4. The van der Waals surface area contributed by atoms with Crippen molar-refractivity contribution in [3.63, 3.8) is 0 Å². The van der Waals surface area contributed by atoms with E-state index in [9.17, 15) is 9.59 Å². The first-order valence-corrected chi connectivity index (χ1v) is 7.74. The highest BCUT2D eigenvalue weighted by Gasteiger charge is 2.06.